The molecular formula is C4H11NOSi. The fourth-order valence-corrected chi connectivity index (χ4v) is 0.470. The van der Waals surface area contributed by atoms with Crippen LogP contribution >= 0.6 is 0 Å². The van der Waals surface area contributed by atoms with Gasteiger partial charge in [-0.3, -0.25) is 0 Å². The summed E-state index contributed by atoms with van der Waals surface area (Å²) in [6, 6.07) is 0. The Labute approximate surface area is 46.9 Å². The maximum Gasteiger partial charge on any atom is 0.0572 e. The Hall–Kier alpha value is -0.123. The van der Waals surface area contributed by atoms with Crippen molar-refractivity contribution in [1.82, 2.24) is 5.48 Å². The molecule has 1 atom stereocenters. The molecule has 42 valence electrons. The van der Waals surface area contributed by atoms with Crippen molar-refractivity contribution in [3.05, 3.63) is 12.7 Å². The number of hydroxylamine groups is 1. The first kappa shape index (κ1) is 6.88. The van der Waals surface area contributed by atoms with E-state index < -0.39 is 0 Å². The lowest BCUT2D eigenvalue weighted by Gasteiger charge is -2.03. The summed E-state index contributed by atoms with van der Waals surface area (Å²) in [7, 11) is 2.65. The molecule has 0 aromatic carbocycles. The van der Waals surface area contributed by atoms with Crippen LogP contribution in [0.2, 0.25) is 0 Å². The molecule has 0 saturated carbocycles. The van der Waals surface area contributed by atoms with E-state index in [0.717, 1.165) is 10.2 Å². The van der Waals surface area contributed by atoms with E-state index in [1.807, 2.05) is 6.08 Å². The molecule has 7 heavy (non-hydrogen) atoms. The van der Waals surface area contributed by atoms with Crippen LogP contribution in [0.4, 0.5) is 0 Å². The first-order valence-corrected chi connectivity index (χ1v) is 3.37. The fraction of sp³-hybridized carbons (Fsp3) is 0.500. The normalized spacial score (nSPS) is 13.9. The van der Waals surface area contributed by atoms with Crippen LogP contribution in [0.3, 0.4) is 0 Å². The number of rotatable bonds is 3. The van der Waals surface area contributed by atoms with Crippen molar-refractivity contribution in [3.63, 3.8) is 0 Å². The Bertz CT molecular complexity index is 57.7. The molecule has 0 aliphatic rings. The summed E-state index contributed by atoms with van der Waals surface area (Å²) in [5, 5.41) is 0. The number of hydrogen-bond acceptors (Lipinski definition) is 2. The van der Waals surface area contributed by atoms with Gasteiger partial charge >= 0.3 is 0 Å². The summed E-state index contributed by atoms with van der Waals surface area (Å²) >= 11 is 0. The molecule has 0 aliphatic carbocycles. The van der Waals surface area contributed by atoms with Gasteiger partial charge in [-0.25, -0.2) is 5.48 Å². The Kier molecular flexibility index (Phi) is 3.98. The molecule has 1 N–H and O–H groups in total. The van der Waals surface area contributed by atoms with E-state index in [-0.39, 0.29) is 0 Å². The van der Waals surface area contributed by atoms with Gasteiger partial charge in [0, 0.05) is 15.9 Å². The van der Waals surface area contributed by atoms with Gasteiger partial charge in [0.2, 0.25) is 0 Å². The molecule has 0 rings (SSSR count). The van der Waals surface area contributed by atoms with E-state index in [1.54, 1.807) is 7.11 Å². The molecule has 0 radical (unpaired) electrons. The maximum absolute atomic E-state index is 4.61. The van der Waals surface area contributed by atoms with Gasteiger partial charge in [0.1, 0.15) is 0 Å². The van der Waals surface area contributed by atoms with Gasteiger partial charge in [0.05, 0.1) is 7.11 Å². The largest absolute Gasteiger partial charge is 0.305 e. The Morgan fingerprint density at radius 1 is 2.00 bits per heavy atom. The fourth-order valence-electron chi connectivity index (χ4n) is 0.234. The molecule has 0 aliphatic heterocycles. The second-order valence-electron chi connectivity index (χ2n) is 1.35. The predicted molar refractivity (Wildman–Crippen MR) is 34.1 cm³/mol. The van der Waals surface area contributed by atoms with Crippen molar-refractivity contribution in [2.45, 2.75) is 5.67 Å². The average Bonchev–Trinajstić information content (AvgIpc) is 1.68. The van der Waals surface area contributed by atoms with E-state index in [4.69, 9.17) is 0 Å². The first-order valence-electron chi connectivity index (χ1n) is 2.22. The molecule has 0 aromatic heterocycles. The smallest absolute Gasteiger partial charge is 0.0572 e. The van der Waals surface area contributed by atoms with E-state index in [9.17, 15) is 0 Å². The minimum Gasteiger partial charge on any atom is -0.305 e. The average molecular weight is 117 g/mol. The highest BCUT2D eigenvalue weighted by molar-refractivity contribution is 6.12. The Morgan fingerprint density at radius 3 is 2.71 bits per heavy atom. The summed E-state index contributed by atoms with van der Waals surface area (Å²) in [6.07, 6.45) is 1.83. The summed E-state index contributed by atoms with van der Waals surface area (Å²) in [6.45, 7) is 3.57. The van der Waals surface area contributed by atoms with Gasteiger partial charge in [-0.2, -0.15) is 0 Å². The van der Waals surface area contributed by atoms with Crippen LogP contribution in [0.5, 0.6) is 0 Å². The molecule has 1 unspecified atom stereocenters. The maximum atomic E-state index is 4.61. The van der Waals surface area contributed by atoms with Crippen molar-refractivity contribution in [2.24, 2.45) is 0 Å². The third kappa shape index (κ3) is 3.71. The molecule has 2 nitrogen and oxygen atoms in total. The zero-order valence-corrected chi connectivity index (χ0v) is 6.77. The van der Waals surface area contributed by atoms with Crippen LogP contribution in [-0.4, -0.2) is 23.0 Å². The highest BCUT2D eigenvalue weighted by Gasteiger charge is 1.87. The Morgan fingerprint density at radius 2 is 2.57 bits per heavy atom. The van der Waals surface area contributed by atoms with Crippen LogP contribution in [0.25, 0.3) is 0 Å². The van der Waals surface area contributed by atoms with Crippen molar-refractivity contribution < 1.29 is 4.84 Å². The molecule has 0 saturated heterocycles. The molecule has 3 heteroatoms. The second-order valence-corrected chi connectivity index (χ2v) is 2.59. The highest BCUT2D eigenvalue weighted by Crippen LogP contribution is 1.71. The molecule has 0 bridgehead atoms. The molecule has 0 fully saturated rings. The second kappa shape index (κ2) is 4.05. The van der Waals surface area contributed by atoms with Gasteiger partial charge < -0.3 is 4.84 Å². The SMILES string of the molecule is C=CC([SiH3])NOC. The summed E-state index contributed by atoms with van der Waals surface area (Å²) < 4.78 is 0. The van der Waals surface area contributed by atoms with Gasteiger partial charge in [-0.15, -0.1) is 6.58 Å². The van der Waals surface area contributed by atoms with Crippen molar-refractivity contribution in [3.8, 4) is 0 Å². The minimum atomic E-state index is 0.380. The van der Waals surface area contributed by atoms with Crippen LogP contribution in [-0.2, 0) is 4.84 Å². The monoisotopic (exact) mass is 117 g/mol. The summed E-state index contributed by atoms with van der Waals surface area (Å²) in [5.41, 5.74) is 3.12. The predicted octanol–water partition coefficient (Wildman–Crippen LogP) is -0.985. The van der Waals surface area contributed by atoms with Gasteiger partial charge in [0.25, 0.3) is 0 Å². The topological polar surface area (TPSA) is 21.3 Å². The first-order chi connectivity index (χ1) is 3.31. The van der Waals surface area contributed by atoms with Crippen LogP contribution in [0.15, 0.2) is 12.7 Å². The van der Waals surface area contributed by atoms with Crippen LogP contribution in [0.1, 0.15) is 0 Å². The Balaban J connectivity index is 2.98. The van der Waals surface area contributed by atoms with E-state index in [2.05, 4.69) is 16.9 Å². The summed E-state index contributed by atoms with van der Waals surface area (Å²) in [5.74, 6) is 0. The third-order valence-electron chi connectivity index (χ3n) is 0.657. The summed E-state index contributed by atoms with van der Waals surface area (Å²) in [4.78, 5) is 4.61. The van der Waals surface area contributed by atoms with E-state index in [0.29, 0.717) is 5.67 Å². The van der Waals surface area contributed by atoms with Crippen molar-refractivity contribution >= 4 is 10.2 Å². The van der Waals surface area contributed by atoms with Gasteiger partial charge in [-0.05, 0) is 0 Å². The lowest BCUT2D eigenvalue weighted by Crippen LogP contribution is -2.25. The molecule has 0 heterocycles. The van der Waals surface area contributed by atoms with E-state index in [1.165, 1.54) is 0 Å². The lowest BCUT2D eigenvalue weighted by atomic mass is 10.6. The molecule has 0 aromatic rings. The number of nitrogens with one attached hydrogen (secondary N) is 1. The van der Waals surface area contributed by atoms with E-state index >= 15 is 0 Å². The zero-order chi connectivity index (χ0) is 5.70. The van der Waals surface area contributed by atoms with Crippen LogP contribution < -0.4 is 5.48 Å². The standard InChI is InChI=1S/C4H11NOSi/c1-3-4(7)5-6-2/h3-5H,1H2,2,7H3. The highest BCUT2D eigenvalue weighted by atomic mass is 28.1. The lowest BCUT2D eigenvalue weighted by molar-refractivity contribution is 0.0919. The zero-order valence-electron chi connectivity index (χ0n) is 4.77. The van der Waals surface area contributed by atoms with Crippen molar-refractivity contribution in [2.75, 3.05) is 7.11 Å². The third-order valence-corrected chi connectivity index (χ3v) is 1.36. The quantitative estimate of drug-likeness (QED) is 0.291. The molecule has 0 amide bonds. The number of hydrogen-bond donors (Lipinski definition) is 1. The molecular weight excluding hydrogens is 106 g/mol. The van der Waals surface area contributed by atoms with Crippen molar-refractivity contribution in [1.29, 1.82) is 0 Å². The van der Waals surface area contributed by atoms with Gasteiger partial charge in [-0.1, -0.05) is 6.08 Å². The molecule has 0 spiro atoms. The van der Waals surface area contributed by atoms with Crippen LogP contribution in [0, 0.1) is 0 Å². The van der Waals surface area contributed by atoms with Gasteiger partial charge in [0.15, 0.2) is 0 Å². The minimum absolute atomic E-state index is 0.380.